The van der Waals surface area contributed by atoms with Crippen LogP contribution in [0.1, 0.15) is 51.1 Å². The standard InChI is InChI=1S/C29H36N8O4S/c1-2-41-26-19-30-18-23(33-26)20-3-6-25(32-17-20)35-27(38)29(10-7-21(8-11-29)37-13-15-40-16-14-37)24-9-12-31-28(34-24)36-42(39)22-4-5-22/h3,6,9,12,17-19,21-22H,2,4-5,7-8,10-11,13-16H2,1H3,(H,31,34,36)(H,32,35,38). The number of pyridine rings is 1. The van der Waals surface area contributed by atoms with E-state index in [1.54, 1.807) is 36.9 Å². The van der Waals surface area contributed by atoms with Crippen LogP contribution in [0, 0.1) is 0 Å². The van der Waals surface area contributed by atoms with Gasteiger partial charge in [-0.3, -0.25) is 19.4 Å². The van der Waals surface area contributed by atoms with E-state index in [4.69, 9.17) is 14.5 Å². The van der Waals surface area contributed by atoms with Crippen molar-refractivity contribution >= 4 is 28.7 Å². The van der Waals surface area contributed by atoms with Gasteiger partial charge in [0.25, 0.3) is 0 Å². The van der Waals surface area contributed by atoms with Gasteiger partial charge in [-0.05, 0) is 63.6 Å². The fourth-order valence-corrected chi connectivity index (χ4v) is 6.70. The van der Waals surface area contributed by atoms with Gasteiger partial charge in [0.05, 0.1) is 54.3 Å². The molecule has 3 fully saturated rings. The third kappa shape index (κ3) is 6.42. The predicted octanol–water partition coefficient (Wildman–Crippen LogP) is 3.12. The quantitative estimate of drug-likeness (QED) is 0.360. The lowest BCUT2D eigenvalue weighted by molar-refractivity contribution is -0.123. The van der Waals surface area contributed by atoms with Crippen molar-refractivity contribution in [2.75, 3.05) is 42.9 Å². The lowest BCUT2D eigenvalue weighted by Crippen LogP contribution is -2.50. The number of nitrogens with one attached hydrogen (secondary N) is 2. The van der Waals surface area contributed by atoms with Crippen LogP contribution in [0.3, 0.4) is 0 Å². The minimum atomic E-state index is -1.23. The average Bonchev–Trinajstić information content (AvgIpc) is 3.89. The van der Waals surface area contributed by atoms with E-state index in [1.165, 1.54) is 0 Å². The molecule has 13 heteroatoms. The summed E-state index contributed by atoms with van der Waals surface area (Å²) in [6, 6.07) is 5.81. The number of morpholine rings is 1. The number of hydrogen-bond acceptors (Lipinski definition) is 10. The second-order valence-electron chi connectivity index (χ2n) is 10.9. The number of hydrogen-bond donors (Lipinski definition) is 2. The largest absolute Gasteiger partial charge is 0.477 e. The molecule has 4 heterocycles. The van der Waals surface area contributed by atoms with E-state index in [0.29, 0.717) is 48.6 Å². The highest BCUT2D eigenvalue weighted by molar-refractivity contribution is 7.87. The highest BCUT2D eigenvalue weighted by Gasteiger charge is 2.46. The van der Waals surface area contributed by atoms with Crippen molar-refractivity contribution in [1.29, 1.82) is 0 Å². The smallest absolute Gasteiger partial charge is 0.237 e. The summed E-state index contributed by atoms with van der Waals surface area (Å²) in [5.74, 6) is 1.02. The second-order valence-corrected chi connectivity index (χ2v) is 12.4. The Balaban J connectivity index is 1.22. The maximum absolute atomic E-state index is 14.1. The molecule has 1 unspecified atom stereocenters. The van der Waals surface area contributed by atoms with Crippen molar-refractivity contribution in [2.24, 2.45) is 0 Å². The lowest BCUT2D eigenvalue weighted by Gasteiger charge is -2.43. The minimum Gasteiger partial charge on any atom is -0.477 e. The molecule has 12 nitrogen and oxygen atoms in total. The monoisotopic (exact) mass is 592 g/mol. The summed E-state index contributed by atoms with van der Waals surface area (Å²) in [5.41, 5.74) is 1.15. The fourth-order valence-electron chi connectivity index (χ4n) is 5.69. The molecular weight excluding hydrogens is 556 g/mol. The van der Waals surface area contributed by atoms with Gasteiger partial charge in [-0.1, -0.05) is 0 Å². The number of anilines is 2. The highest BCUT2D eigenvalue weighted by atomic mass is 32.2. The van der Waals surface area contributed by atoms with Gasteiger partial charge < -0.3 is 14.8 Å². The van der Waals surface area contributed by atoms with E-state index in [-0.39, 0.29) is 17.1 Å². The number of aromatic nitrogens is 5. The van der Waals surface area contributed by atoms with Gasteiger partial charge in [-0.2, -0.15) is 0 Å². The molecule has 1 aliphatic heterocycles. The maximum atomic E-state index is 14.1. The van der Waals surface area contributed by atoms with Gasteiger partial charge in [0, 0.05) is 37.1 Å². The van der Waals surface area contributed by atoms with Crippen molar-refractivity contribution in [1.82, 2.24) is 29.8 Å². The molecule has 3 aromatic heterocycles. The van der Waals surface area contributed by atoms with Gasteiger partial charge in [-0.25, -0.2) is 24.1 Å². The number of amides is 1. The molecule has 2 N–H and O–H groups in total. The molecule has 2 saturated carbocycles. The van der Waals surface area contributed by atoms with Gasteiger partial charge in [-0.15, -0.1) is 0 Å². The molecule has 42 heavy (non-hydrogen) atoms. The van der Waals surface area contributed by atoms with Crippen LogP contribution in [0.5, 0.6) is 5.88 Å². The van der Waals surface area contributed by atoms with Crippen LogP contribution in [0.4, 0.5) is 11.8 Å². The molecule has 0 aromatic carbocycles. The summed E-state index contributed by atoms with van der Waals surface area (Å²) in [5, 5.41) is 3.20. The second kappa shape index (κ2) is 12.8. The van der Waals surface area contributed by atoms with E-state index in [2.05, 4.69) is 34.9 Å². The van der Waals surface area contributed by atoms with Crippen LogP contribution in [0.15, 0.2) is 43.0 Å². The number of nitrogens with zero attached hydrogens (tertiary/aromatic N) is 6. The van der Waals surface area contributed by atoms with Crippen LogP contribution in [0.2, 0.25) is 0 Å². The Morgan fingerprint density at radius 1 is 1.07 bits per heavy atom. The SMILES string of the molecule is CCOc1cncc(-c2ccc(NC(=O)C3(c4ccnc(NS(=O)C5CC5)n4)CCC(N4CCOCC4)CC3)nc2)n1. The van der Waals surface area contributed by atoms with Gasteiger partial charge in [0.15, 0.2) is 0 Å². The first-order valence-electron chi connectivity index (χ1n) is 14.6. The average molecular weight is 593 g/mol. The van der Waals surface area contributed by atoms with Crippen molar-refractivity contribution in [3.05, 3.63) is 48.7 Å². The summed E-state index contributed by atoms with van der Waals surface area (Å²) in [4.78, 5) is 38.8. The van der Waals surface area contributed by atoms with Crippen LogP contribution < -0.4 is 14.8 Å². The first kappa shape index (κ1) is 28.6. The Morgan fingerprint density at radius 2 is 1.88 bits per heavy atom. The van der Waals surface area contributed by atoms with E-state index < -0.39 is 16.4 Å². The molecule has 0 spiro atoms. The molecule has 0 radical (unpaired) electrons. The van der Waals surface area contributed by atoms with Crippen LogP contribution in [-0.4, -0.2) is 84.1 Å². The molecule has 1 amide bonds. The molecule has 3 aromatic rings. The Morgan fingerprint density at radius 3 is 2.60 bits per heavy atom. The van der Waals surface area contributed by atoms with Gasteiger partial charge in [0.2, 0.25) is 17.7 Å². The van der Waals surface area contributed by atoms with Crippen LogP contribution >= 0.6 is 0 Å². The third-order valence-electron chi connectivity index (χ3n) is 8.18. The van der Waals surface area contributed by atoms with E-state index in [1.807, 2.05) is 13.0 Å². The maximum Gasteiger partial charge on any atom is 0.237 e. The zero-order valence-electron chi connectivity index (χ0n) is 23.7. The first-order valence-corrected chi connectivity index (χ1v) is 15.8. The zero-order valence-corrected chi connectivity index (χ0v) is 24.5. The zero-order chi connectivity index (χ0) is 28.9. The number of carbonyl (C=O) groups excluding carboxylic acids is 1. The topological polar surface area (TPSA) is 144 Å². The van der Waals surface area contributed by atoms with Gasteiger partial charge in [0.1, 0.15) is 16.8 Å². The molecule has 1 saturated heterocycles. The Hall–Kier alpha value is -3.55. The highest BCUT2D eigenvalue weighted by Crippen LogP contribution is 2.41. The molecule has 3 aliphatic rings. The minimum absolute atomic E-state index is 0.139. The Kier molecular flexibility index (Phi) is 8.68. The summed E-state index contributed by atoms with van der Waals surface area (Å²) in [7, 11) is -1.23. The van der Waals surface area contributed by atoms with Gasteiger partial charge >= 0.3 is 0 Å². The fraction of sp³-hybridized carbons (Fsp3) is 0.517. The molecule has 0 bridgehead atoms. The normalized spacial score (nSPS) is 23.6. The molecular formula is C29H36N8O4S. The molecule has 6 rings (SSSR count). The summed E-state index contributed by atoms with van der Waals surface area (Å²) in [6.07, 6.45) is 11.4. The summed E-state index contributed by atoms with van der Waals surface area (Å²) < 4.78 is 26.5. The van der Waals surface area contributed by atoms with Crippen molar-refractivity contribution in [3.63, 3.8) is 0 Å². The van der Waals surface area contributed by atoms with Crippen molar-refractivity contribution < 1.29 is 18.5 Å². The Bertz CT molecular complexity index is 1410. The first-order chi connectivity index (χ1) is 20.5. The number of carbonyl (C=O) groups is 1. The molecule has 1 atom stereocenters. The van der Waals surface area contributed by atoms with E-state index in [9.17, 15) is 9.00 Å². The Labute approximate surface area is 247 Å². The lowest BCUT2D eigenvalue weighted by atomic mass is 9.69. The van der Waals surface area contributed by atoms with Crippen LogP contribution in [-0.2, 0) is 25.9 Å². The van der Waals surface area contributed by atoms with Crippen molar-refractivity contribution in [2.45, 2.75) is 62.2 Å². The molecule has 2 aliphatic carbocycles. The van der Waals surface area contributed by atoms with E-state index >= 15 is 0 Å². The van der Waals surface area contributed by atoms with Crippen molar-refractivity contribution in [3.8, 4) is 17.1 Å². The van der Waals surface area contributed by atoms with Crippen LogP contribution in [0.25, 0.3) is 11.3 Å². The predicted molar refractivity (Wildman–Crippen MR) is 158 cm³/mol. The third-order valence-corrected chi connectivity index (χ3v) is 9.64. The van der Waals surface area contributed by atoms with E-state index in [0.717, 1.165) is 57.6 Å². The molecule has 222 valence electrons. The number of ether oxygens (including phenoxy) is 2. The summed E-state index contributed by atoms with van der Waals surface area (Å²) >= 11 is 0. The number of rotatable bonds is 10. The summed E-state index contributed by atoms with van der Waals surface area (Å²) in [6.45, 7) is 5.69.